The summed E-state index contributed by atoms with van der Waals surface area (Å²) in [5, 5.41) is 3.57. The summed E-state index contributed by atoms with van der Waals surface area (Å²) in [5.74, 6) is 1.55. The van der Waals surface area contributed by atoms with Crippen molar-refractivity contribution in [1.82, 2.24) is 15.3 Å². The van der Waals surface area contributed by atoms with Crippen molar-refractivity contribution in [3.8, 4) is 0 Å². The molecule has 0 spiro atoms. The normalized spacial score (nSPS) is 17.5. The summed E-state index contributed by atoms with van der Waals surface area (Å²) in [6.07, 6.45) is 2.71. The molecule has 0 aromatic carbocycles. The summed E-state index contributed by atoms with van der Waals surface area (Å²) in [5.41, 5.74) is 7.69. The number of hydrogen-bond acceptors (Lipinski definition) is 6. The lowest BCUT2D eigenvalue weighted by Crippen LogP contribution is -2.51. The molecule has 3 rings (SSSR count). The molecule has 2 aromatic heterocycles. The molecular weight excluding hydrogens is 326 g/mol. The number of rotatable bonds is 5. The number of ketones is 1. The minimum Gasteiger partial charge on any atom is -0.383 e. The van der Waals surface area contributed by atoms with E-state index in [4.69, 9.17) is 5.73 Å². The number of pyridine rings is 2. The van der Waals surface area contributed by atoms with Crippen molar-refractivity contribution in [2.24, 2.45) is 5.92 Å². The van der Waals surface area contributed by atoms with E-state index in [1.807, 2.05) is 19.1 Å². The van der Waals surface area contributed by atoms with Crippen molar-refractivity contribution in [2.75, 3.05) is 30.3 Å². The Hall–Kier alpha value is -2.47. The van der Waals surface area contributed by atoms with Gasteiger partial charge in [-0.25, -0.2) is 9.97 Å². The summed E-state index contributed by atoms with van der Waals surface area (Å²) in [6.45, 7) is 9.17. The zero-order chi connectivity index (χ0) is 18.7. The maximum Gasteiger partial charge on any atom is 0.215 e. The predicted octanol–water partition coefficient (Wildman–Crippen LogP) is 3.16. The fourth-order valence-electron chi connectivity index (χ4n) is 3.44. The van der Waals surface area contributed by atoms with E-state index >= 15 is 0 Å². The van der Waals surface area contributed by atoms with Gasteiger partial charge in [0, 0.05) is 36.2 Å². The molecular formula is C20H33N5O. The van der Waals surface area contributed by atoms with Gasteiger partial charge in [0.2, 0.25) is 5.78 Å². The molecule has 0 amide bonds. The highest BCUT2D eigenvalue weighted by Crippen LogP contribution is 2.21. The third kappa shape index (κ3) is 4.19. The van der Waals surface area contributed by atoms with E-state index < -0.39 is 0 Å². The first-order valence-electron chi connectivity index (χ1n) is 9.16. The molecule has 0 saturated carbocycles. The Kier molecular flexibility index (Phi) is 5.52. The number of nitrogens with zero attached hydrogens (tertiary/aromatic N) is 3. The second-order valence-electron chi connectivity index (χ2n) is 7.38. The number of hydrogen-bond donors (Lipinski definition) is 2. The van der Waals surface area contributed by atoms with Crippen LogP contribution in [0, 0.1) is 12.8 Å². The number of nitrogens with two attached hydrogens (primary N) is 1. The zero-order valence-corrected chi connectivity index (χ0v) is 15.7. The standard InChI is InChI=1S/C20H27N5O.3H2/c1-13(2)9-15-12-25(8-7-22-15)18-11-14(3)10-17(24-18)19(26)16-5-4-6-23-20(16)21;;;/h4-6,10-11,13,15,22H,7-9,12H2,1-3H3,(H2,21,23);3*1H/t15-;;;/m0.../s1. The lowest BCUT2D eigenvalue weighted by Gasteiger charge is -2.35. The second kappa shape index (κ2) is 7.83. The number of aryl methyl sites for hydroxylation is 1. The lowest BCUT2D eigenvalue weighted by atomic mass is 10.0. The van der Waals surface area contributed by atoms with Crippen molar-refractivity contribution in [2.45, 2.75) is 33.2 Å². The fourth-order valence-corrected chi connectivity index (χ4v) is 3.44. The molecule has 2 aromatic rings. The number of piperazine rings is 1. The van der Waals surface area contributed by atoms with Gasteiger partial charge in [0.25, 0.3) is 0 Å². The number of nitrogen functional groups attached to an aromatic ring is 1. The molecule has 26 heavy (non-hydrogen) atoms. The lowest BCUT2D eigenvalue weighted by molar-refractivity contribution is 0.103. The van der Waals surface area contributed by atoms with Gasteiger partial charge in [-0.3, -0.25) is 4.79 Å². The molecule has 3 N–H and O–H groups in total. The van der Waals surface area contributed by atoms with E-state index in [0.717, 1.165) is 37.4 Å². The molecule has 0 bridgehead atoms. The van der Waals surface area contributed by atoms with E-state index in [1.54, 1.807) is 18.3 Å². The molecule has 6 nitrogen and oxygen atoms in total. The molecule has 1 aliphatic rings. The summed E-state index contributed by atoms with van der Waals surface area (Å²) >= 11 is 0. The van der Waals surface area contributed by atoms with Crippen molar-refractivity contribution in [3.05, 3.63) is 47.3 Å². The Morgan fingerprint density at radius 1 is 1.46 bits per heavy atom. The second-order valence-corrected chi connectivity index (χ2v) is 7.38. The maximum absolute atomic E-state index is 12.9. The SMILES string of the molecule is Cc1cc(C(=O)c2cccnc2N)nc(N2CCN[C@@H](CC(C)C)C2)c1.[HH].[HH].[HH]. The predicted molar refractivity (Wildman–Crippen MR) is 111 cm³/mol. The average molecular weight is 360 g/mol. The molecule has 0 radical (unpaired) electrons. The van der Waals surface area contributed by atoms with Crippen LogP contribution in [0.4, 0.5) is 11.6 Å². The summed E-state index contributed by atoms with van der Waals surface area (Å²) in [7, 11) is 0. The maximum atomic E-state index is 12.9. The summed E-state index contributed by atoms with van der Waals surface area (Å²) in [6, 6.07) is 7.71. The topological polar surface area (TPSA) is 84.1 Å². The van der Waals surface area contributed by atoms with Crippen LogP contribution < -0.4 is 16.0 Å². The summed E-state index contributed by atoms with van der Waals surface area (Å²) < 4.78 is 0. The highest BCUT2D eigenvalue weighted by molar-refractivity contribution is 6.10. The Balaban J connectivity index is 0.00000261. The number of anilines is 2. The number of aromatic nitrogens is 2. The van der Waals surface area contributed by atoms with E-state index in [2.05, 4.69) is 34.0 Å². The Labute approximate surface area is 159 Å². The van der Waals surface area contributed by atoms with Gasteiger partial charge in [-0.15, -0.1) is 0 Å². The molecule has 144 valence electrons. The van der Waals surface area contributed by atoms with Crippen LogP contribution in [-0.2, 0) is 0 Å². The molecule has 0 unspecified atom stereocenters. The van der Waals surface area contributed by atoms with E-state index in [-0.39, 0.29) is 15.9 Å². The van der Waals surface area contributed by atoms with Gasteiger partial charge in [0.05, 0.1) is 5.56 Å². The van der Waals surface area contributed by atoms with Gasteiger partial charge in [0.1, 0.15) is 17.3 Å². The molecule has 1 fully saturated rings. The highest BCUT2D eigenvalue weighted by Gasteiger charge is 2.23. The first-order chi connectivity index (χ1) is 12.4. The van der Waals surface area contributed by atoms with Gasteiger partial charge in [0.15, 0.2) is 0 Å². The number of carbonyl (C=O) groups is 1. The van der Waals surface area contributed by atoms with Crippen LogP contribution >= 0.6 is 0 Å². The largest absolute Gasteiger partial charge is 0.383 e. The van der Waals surface area contributed by atoms with Crippen LogP contribution in [0.25, 0.3) is 0 Å². The third-order valence-corrected chi connectivity index (χ3v) is 4.61. The van der Waals surface area contributed by atoms with Gasteiger partial charge >= 0.3 is 0 Å². The quantitative estimate of drug-likeness (QED) is 0.798. The molecule has 1 aliphatic heterocycles. The van der Waals surface area contributed by atoms with Gasteiger partial charge < -0.3 is 16.0 Å². The van der Waals surface area contributed by atoms with Gasteiger partial charge in [-0.2, -0.15) is 0 Å². The van der Waals surface area contributed by atoms with Gasteiger partial charge in [-0.1, -0.05) is 13.8 Å². The fraction of sp³-hybridized carbons (Fsp3) is 0.450. The molecule has 3 heterocycles. The average Bonchev–Trinajstić information content (AvgIpc) is 2.61. The van der Waals surface area contributed by atoms with E-state index in [1.165, 1.54) is 0 Å². The van der Waals surface area contributed by atoms with Crippen LogP contribution in [0.5, 0.6) is 0 Å². The highest BCUT2D eigenvalue weighted by atomic mass is 16.1. The van der Waals surface area contributed by atoms with Crippen molar-refractivity contribution >= 4 is 17.4 Å². The van der Waals surface area contributed by atoms with Crippen LogP contribution in [0.3, 0.4) is 0 Å². The Bertz CT molecular complexity index is 803. The monoisotopic (exact) mass is 359 g/mol. The van der Waals surface area contributed by atoms with Crippen molar-refractivity contribution in [1.29, 1.82) is 0 Å². The van der Waals surface area contributed by atoms with Crippen molar-refractivity contribution in [3.63, 3.8) is 0 Å². The first kappa shape index (κ1) is 18.3. The smallest absolute Gasteiger partial charge is 0.215 e. The van der Waals surface area contributed by atoms with E-state index in [0.29, 0.717) is 23.2 Å². The third-order valence-electron chi connectivity index (χ3n) is 4.61. The molecule has 6 heteroatoms. The van der Waals surface area contributed by atoms with Crippen LogP contribution in [0.15, 0.2) is 30.5 Å². The minimum absolute atomic E-state index is 0. The zero-order valence-electron chi connectivity index (χ0n) is 15.7. The summed E-state index contributed by atoms with van der Waals surface area (Å²) in [4.78, 5) is 23.8. The van der Waals surface area contributed by atoms with E-state index in [9.17, 15) is 4.79 Å². The minimum atomic E-state index is -0.186. The van der Waals surface area contributed by atoms with Gasteiger partial charge in [-0.05, 0) is 49.1 Å². The Morgan fingerprint density at radius 2 is 2.27 bits per heavy atom. The van der Waals surface area contributed by atoms with Crippen LogP contribution in [0.1, 0.15) is 46.2 Å². The number of carbonyl (C=O) groups excluding carboxylic acids is 1. The van der Waals surface area contributed by atoms with Crippen LogP contribution in [0.2, 0.25) is 0 Å². The molecule has 0 aliphatic carbocycles. The Morgan fingerprint density at radius 3 is 3.00 bits per heavy atom. The molecule has 1 saturated heterocycles. The van der Waals surface area contributed by atoms with Crippen molar-refractivity contribution < 1.29 is 9.07 Å². The van der Waals surface area contributed by atoms with Crippen LogP contribution in [-0.4, -0.2) is 41.4 Å². The first-order valence-corrected chi connectivity index (χ1v) is 9.16. The number of nitrogens with one attached hydrogen (secondary N) is 1. The molecule has 1 atom stereocenters.